The molecule has 1 fully saturated rings. The SMILES string of the molecule is Cc1ccc(C(=O)Nc2ccc(N3CCN(C)CC3)cc2)cn1. The van der Waals surface area contributed by atoms with Gasteiger partial charge in [-0.3, -0.25) is 9.78 Å². The smallest absolute Gasteiger partial charge is 0.257 e. The van der Waals surface area contributed by atoms with Crippen molar-refractivity contribution in [3.05, 3.63) is 53.9 Å². The molecule has 2 aromatic rings. The van der Waals surface area contributed by atoms with E-state index < -0.39 is 0 Å². The summed E-state index contributed by atoms with van der Waals surface area (Å²) in [6.45, 7) is 6.14. The highest BCUT2D eigenvalue weighted by Crippen LogP contribution is 2.19. The maximum Gasteiger partial charge on any atom is 0.257 e. The number of likely N-dealkylation sites (N-methyl/N-ethyl adjacent to an activating group) is 1. The van der Waals surface area contributed by atoms with E-state index in [-0.39, 0.29) is 5.91 Å². The number of nitrogens with zero attached hydrogens (tertiary/aromatic N) is 3. The van der Waals surface area contributed by atoms with Crippen molar-refractivity contribution >= 4 is 17.3 Å². The lowest BCUT2D eigenvalue weighted by molar-refractivity contribution is 0.102. The summed E-state index contributed by atoms with van der Waals surface area (Å²) in [5.74, 6) is -0.134. The van der Waals surface area contributed by atoms with Crippen LogP contribution in [0.1, 0.15) is 16.1 Å². The molecule has 0 bridgehead atoms. The van der Waals surface area contributed by atoms with E-state index in [0.29, 0.717) is 5.56 Å². The van der Waals surface area contributed by atoms with E-state index in [4.69, 9.17) is 0 Å². The summed E-state index contributed by atoms with van der Waals surface area (Å²) < 4.78 is 0. The Morgan fingerprint density at radius 3 is 2.35 bits per heavy atom. The number of piperazine rings is 1. The quantitative estimate of drug-likeness (QED) is 0.946. The molecule has 5 heteroatoms. The van der Waals surface area contributed by atoms with Crippen LogP contribution in [0, 0.1) is 6.92 Å². The van der Waals surface area contributed by atoms with Gasteiger partial charge in [-0.15, -0.1) is 0 Å². The molecule has 1 N–H and O–H groups in total. The van der Waals surface area contributed by atoms with Crippen molar-refractivity contribution in [2.24, 2.45) is 0 Å². The molecule has 3 rings (SSSR count). The largest absolute Gasteiger partial charge is 0.369 e. The summed E-state index contributed by atoms with van der Waals surface area (Å²) in [5.41, 5.74) is 3.47. The number of pyridine rings is 1. The monoisotopic (exact) mass is 310 g/mol. The zero-order valence-electron chi connectivity index (χ0n) is 13.6. The van der Waals surface area contributed by atoms with Gasteiger partial charge < -0.3 is 15.1 Å². The Bertz CT molecular complexity index is 658. The predicted octanol–water partition coefficient (Wildman–Crippen LogP) is 2.39. The zero-order chi connectivity index (χ0) is 16.2. The second kappa shape index (κ2) is 6.79. The molecule has 1 aromatic heterocycles. The summed E-state index contributed by atoms with van der Waals surface area (Å²) in [5, 5.41) is 2.91. The van der Waals surface area contributed by atoms with Crippen LogP contribution in [0.2, 0.25) is 0 Å². The summed E-state index contributed by atoms with van der Waals surface area (Å²) in [7, 11) is 2.15. The van der Waals surface area contributed by atoms with Crippen LogP contribution >= 0.6 is 0 Å². The highest BCUT2D eigenvalue weighted by atomic mass is 16.1. The number of carbonyl (C=O) groups is 1. The van der Waals surface area contributed by atoms with Gasteiger partial charge >= 0.3 is 0 Å². The van der Waals surface area contributed by atoms with E-state index in [1.54, 1.807) is 12.3 Å². The van der Waals surface area contributed by atoms with Crippen molar-refractivity contribution in [1.29, 1.82) is 0 Å². The molecule has 23 heavy (non-hydrogen) atoms. The Morgan fingerprint density at radius 2 is 1.74 bits per heavy atom. The fraction of sp³-hybridized carbons (Fsp3) is 0.333. The van der Waals surface area contributed by atoms with Crippen molar-refractivity contribution in [3.8, 4) is 0 Å². The first-order chi connectivity index (χ1) is 11.1. The van der Waals surface area contributed by atoms with E-state index in [9.17, 15) is 4.79 Å². The maximum atomic E-state index is 12.2. The molecule has 1 amide bonds. The molecule has 1 aliphatic heterocycles. The zero-order valence-corrected chi connectivity index (χ0v) is 13.6. The van der Waals surface area contributed by atoms with E-state index >= 15 is 0 Å². The van der Waals surface area contributed by atoms with Gasteiger partial charge in [-0.05, 0) is 50.4 Å². The molecule has 0 unspecified atom stereocenters. The summed E-state index contributed by atoms with van der Waals surface area (Å²) in [6, 6.07) is 11.7. The lowest BCUT2D eigenvalue weighted by Gasteiger charge is -2.34. The molecule has 1 saturated heterocycles. The molecular weight excluding hydrogens is 288 g/mol. The molecule has 2 heterocycles. The van der Waals surface area contributed by atoms with E-state index in [2.05, 4.69) is 39.3 Å². The molecular formula is C18H22N4O. The van der Waals surface area contributed by atoms with Gasteiger partial charge in [0.15, 0.2) is 0 Å². The van der Waals surface area contributed by atoms with Crippen LogP contribution in [-0.4, -0.2) is 49.0 Å². The number of nitrogens with one attached hydrogen (secondary N) is 1. The lowest BCUT2D eigenvalue weighted by Crippen LogP contribution is -2.44. The van der Waals surface area contributed by atoms with Gasteiger partial charge in [0.1, 0.15) is 0 Å². The standard InChI is InChI=1S/C18H22N4O/c1-14-3-4-15(13-19-14)18(23)20-16-5-7-17(8-6-16)22-11-9-21(2)10-12-22/h3-8,13H,9-12H2,1-2H3,(H,20,23). The highest BCUT2D eigenvalue weighted by Gasteiger charge is 2.14. The van der Waals surface area contributed by atoms with Crippen LogP contribution in [0.3, 0.4) is 0 Å². The molecule has 0 spiro atoms. The van der Waals surface area contributed by atoms with Crippen LogP contribution < -0.4 is 10.2 Å². The topological polar surface area (TPSA) is 48.5 Å². The molecule has 1 aromatic carbocycles. The predicted molar refractivity (Wildman–Crippen MR) is 93.1 cm³/mol. The van der Waals surface area contributed by atoms with Crippen molar-refractivity contribution in [2.75, 3.05) is 43.4 Å². The summed E-state index contributed by atoms with van der Waals surface area (Å²) >= 11 is 0. The number of aryl methyl sites for hydroxylation is 1. The van der Waals surface area contributed by atoms with Crippen molar-refractivity contribution in [2.45, 2.75) is 6.92 Å². The van der Waals surface area contributed by atoms with E-state index in [0.717, 1.165) is 37.6 Å². The Labute approximate surface area is 136 Å². The second-order valence-corrected chi connectivity index (χ2v) is 5.98. The number of hydrogen-bond acceptors (Lipinski definition) is 4. The van der Waals surface area contributed by atoms with Crippen LogP contribution in [0.15, 0.2) is 42.6 Å². The fourth-order valence-corrected chi connectivity index (χ4v) is 2.63. The first kappa shape index (κ1) is 15.5. The highest BCUT2D eigenvalue weighted by molar-refractivity contribution is 6.04. The second-order valence-electron chi connectivity index (χ2n) is 5.98. The van der Waals surface area contributed by atoms with Crippen molar-refractivity contribution < 1.29 is 4.79 Å². The Balaban J connectivity index is 1.63. The average molecular weight is 310 g/mol. The lowest BCUT2D eigenvalue weighted by atomic mass is 10.2. The third-order valence-corrected chi connectivity index (χ3v) is 4.17. The third kappa shape index (κ3) is 3.87. The summed E-state index contributed by atoms with van der Waals surface area (Å²) in [6.07, 6.45) is 1.60. The van der Waals surface area contributed by atoms with Gasteiger partial charge in [0.25, 0.3) is 5.91 Å². The van der Waals surface area contributed by atoms with Crippen LogP contribution in [0.25, 0.3) is 0 Å². The fourth-order valence-electron chi connectivity index (χ4n) is 2.63. The molecule has 0 atom stereocenters. The normalized spacial score (nSPS) is 15.5. The molecule has 0 saturated carbocycles. The minimum atomic E-state index is -0.134. The molecule has 5 nitrogen and oxygen atoms in total. The third-order valence-electron chi connectivity index (χ3n) is 4.17. The van der Waals surface area contributed by atoms with Crippen molar-refractivity contribution in [3.63, 3.8) is 0 Å². The number of carbonyl (C=O) groups excluding carboxylic acids is 1. The van der Waals surface area contributed by atoms with Gasteiger partial charge in [-0.2, -0.15) is 0 Å². The van der Waals surface area contributed by atoms with Gasteiger partial charge in [-0.1, -0.05) is 0 Å². The Morgan fingerprint density at radius 1 is 1.04 bits per heavy atom. The number of aromatic nitrogens is 1. The van der Waals surface area contributed by atoms with Crippen molar-refractivity contribution in [1.82, 2.24) is 9.88 Å². The molecule has 0 radical (unpaired) electrons. The Kier molecular flexibility index (Phi) is 4.57. The van der Waals surface area contributed by atoms with Crippen LogP contribution in [0.4, 0.5) is 11.4 Å². The van der Waals surface area contributed by atoms with Crippen LogP contribution in [-0.2, 0) is 0 Å². The number of anilines is 2. The maximum absolute atomic E-state index is 12.2. The molecule has 1 aliphatic rings. The Hall–Kier alpha value is -2.40. The van der Waals surface area contributed by atoms with E-state index in [1.807, 2.05) is 25.1 Å². The number of hydrogen-bond donors (Lipinski definition) is 1. The van der Waals surface area contributed by atoms with Gasteiger partial charge in [0.2, 0.25) is 0 Å². The first-order valence-corrected chi connectivity index (χ1v) is 7.89. The molecule has 120 valence electrons. The summed E-state index contributed by atoms with van der Waals surface area (Å²) in [4.78, 5) is 21.0. The number of amides is 1. The first-order valence-electron chi connectivity index (χ1n) is 7.89. The average Bonchev–Trinajstić information content (AvgIpc) is 2.57. The van der Waals surface area contributed by atoms with Gasteiger partial charge in [0, 0.05) is 49.4 Å². The van der Waals surface area contributed by atoms with Gasteiger partial charge in [-0.25, -0.2) is 0 Å². The molecule has 0 aliphatic carbocycles. The minimum Gasteiger partial charge on any atom is -0.369 e. The van der Waals surface area contributed by atoms with E-state index in [1.165, 1.54) is 5.69 Å². The number of rotatable bonds is 3. The van der Waals surface area contributed by atoms with Crippen LogP contribution in [0.5, 0.6) is 0 Å². The number of benzene rings is 1. The minimum absolute atomic E-state index is 0.134. The van der Waals surface area contributed by atoms with Gasteiger partial charge in [0.05, 0.1) is 5.56 Å².